The summed E-state index contributed by atoms with van der Waals surface area (Å²) in [6.45, 7) is 2.57. The topological polar surface area (TPSA) is 73.0 Å². The predicted molar refractivity (Wildman–Crippen MR) is 67.5 cm³/mol. The minimum Gasteiger partial charge on any atom is -0.508 e. The lowest BCUT2D eigenvalue weighted by molar-refractivity contribution is 0.475. The Hall–Kier alpha value is -2.61. The number of hydrogen-bond acceptors (Lipinski definition) is 5. The number of phenolic OH excluding ortho intramolecular Hbond substituents is 1. The zero-order chi connectivity index (χ0) is 13.0. The number of phenols is 1. The van der Waals surface area contributed by atoms with Gasteiger partial charge in [-0.25, -0.2) is 9.97 Å². The Balaban J connectivity index is 2.49. The van der Waals surface area contributed by atoms with E-state index in [9.17, 15) is 5.11 Å². The van der Waals surface area contributed by atoms with E-state index < -0.39 is 0 Å². The summed E-state index contributed by atoms with van der Waals surface area (Å²) < 4.78 is 0. The van der Waals surface area contributed by atoms with E-state index in [0.29, 0.717) is 12.4 Å². The smallest absolute Gasteiger partial charge is 0.183 e. The summed E-state index contributed by atoms with van der Waals surface area (Å²) in [5.74, 6) is 0.668. The average molecular weight is 240 g/mol. The molecule has 0 fully saturated rings. The van der Waals surface area contributed by atoms with Crippen molar-refractivity contribution in [2.24, 2.45) is 0 Å². The van der Waals surface area contributed by atoms with Crippen molar-refractivity contribution in [2.45, 2.75) is 6.92 Å². The van der Waals surface area contributed by atoms with Crippen LogP contribution < -0.4 is 4.90 Å². The van der Waals surface area contributed by atoms with Gasteiger partial charge in [-0.05, 0) is 19.1 Å². The normalized spacial score (nSPS) is 9.78. The molecule has 2 rings (SSSR count). The van der Waals surface area contributed by atoms with Gasteiger partial charge in [-0.15, -0.1) is 0 Å². The van der Waals surface area contributed by atoms with E-state index in [2.05, 4.69) is 9.97 Å². The van der Waals surface area contributed by atoms with Crippen LogP contribution in [0, 0.1) is 11.3 Å². The molecule has 1 heterocycles. The number of anilines is 2. The lowest BCUT2D eigenvalue weighted by Gasteiger charge is -2.22. The highest BCUT2D eigenvalue weighted by Crippen LogP contribution is 2.27. The Morgan fingerprint density at radius 2 is 2.11 bits per heavy atom. The van der Waals surface area contributed by atoms with E-state index >= 15 is 0 Å². The van der Waals surface area contributed by atoms with E-state index in [1.54, 1.807) is 24.4 Å². The molecule has 0 aliphatic rings. The zero-order valence-electron chi connectivity index (χ0n) is 9.91. The molecule has 0 amide bonds. The van der Waals surface area contributed by atoms with Crippen molar-refractivity contribution in [1.29, 1.82) is 5.26 Å². The fraction of sp³-hybridized carbons (Fsp3) is 0.154. The first-order valence-corrected chi connectivity index (χ1v) is 5.54. The second-order valence-electron chi connectivity index (χ2n) is 3.60. The number of hydrogen-bond donors (Lipinski definition) is 1. The first-order valence-electron chi connectivity index (χ1n) is 5.54. The second kappa shape index (κ2) is 5.15. The third-order valence-electron chi connectivity index (χ3n) is 2.50. The molecule has 18 heavy (non-hydrogen) atoms. The van der Waals surface area contributed by atoms with E-state index in [-0.39, 0.29) is 11.4 Å². The molecule has 0 bridgehead atoms. The van der Waals surface area contributed by atoms with Gasteiger partial charge in [0.1, 0.15) is 11.8 Å². The van der Waals surface area contributed by atoms with E-state index in [0.717, 1.165) is 5.69 Å². The van der Waals surface area contributed by atoms with E-state index in [1.807, 2.05) is 24.0 Å². The van der Waals surface area contributed by atoms with E-state index in [4.69, 9.17) is 5.26 Å². The summed E-state index contributed by atoms with van der Waals surface area (Å²) in [7, 11) is 0. The van der Waals surface area contributed by atoms with Crippen molar-refractivity contribution in [2.75, 3.05) is 11.4 Å². The molecule has 0 spiro atoms. The Morgan fingerprint density at radius 3 is 2.78 bits per heavy atom. The largest absolute Gasteiger partial charge is 0.508 e. The highest BCUT2D eigenvalue weighted by Gasteiger charge is 2.14. The Kier molecular flexibility index (Phi) is 3.39. The van der Waals surface area contributed by atoms with Crippen LogP contribution in [0.3, 0.4) is 0 Å². The molecule has 1 aromatic heterocycles. The third kappa shape index (κ3) is 2.23. The number of benzene rings is 1. The van der Waals surface area contributed by atoms with Crippen molar-refractivity contribution >= 4 is 11.5 Å². The summed E-state index contributed by atoms with van der Waals surface area (Å²) in [4.78, 5) is 10.00. The van der Waals surface area contributed by atoms with Crippen molar-refractivity contribution in [3.8, 4) is 11.8 Å². The standard InChI is InChI=1S/C13H12N4O/c1-2-17(10-4-3-5-11(18)8-10)13-12(9-14)15-6-7-16-13/h3-8,18H,2H2,1H3. The van der Waals surface area contributed by atoms with Crippen LogP contribution in [-0.2, 0) is 0 Å². The molecule has 5 heteroatoms. The molecule has 0 atom stereocenters. The third-order valence-corrected chi connectivity index (χ3v) is 2.50. The molecule has 1 N–H and O–H groups in total. The number of aromatic hydroxyl groups is 1. The molecular weight excluding hydrogens is 228 g/mol. The van der Waals surface area contributed by atoms with Gasteiger partial charge in [-0.1, -0.05) is 6.07 Å². The van der Waals surface area contributed by atoms with Gasteiger partial charge in [0.05, 0.1) is 0 Å². The maximum Gasteiger partial charge on any atom is 0.183 e. The molecule has 0 radical (unpaired) electrons. The quantitative estimate of drug-likeness (QED) is 0.890. The van der Waals surface area contributed by atoms with Crippen LogP contribution in [0.15, 0.2) is 36.7 Å². The first kappa shape index (κ1) is 11.9. The van der Waals surface area contributed by atoms with Crippen LogP contribution in [0.1, 0.15) is 12.6 Å². The van der Waals surface area contributed by atoms with Gasteiger partial charge >= 0.3 is 0 Å². The van der Waals surface area contributed by atoms with Gasteiger partial charge in [-0.2, -0.15) is 5.26 Å². The van der Waals surface area contributed by atoms with Gasteiger partial charge in [0.15, 0.2) is 11.5 Å². The van der Waals surface area contributed by atoms with Crippen molar-refractivity contribution < 1.29 is 5.11 Å². The molecule has 2 aromatic rings. The van der Waals surface area contributed by atoms with Gasteiger partial charge in [0, 0.05) is 30.7 Å². The molecule has 90 valence electrons. The van der Waals surface area contributed by atoms with Gasteiger partial charge in [-0.3, -0.25) is 0 Å². The molecule has 1 aromatic carbocycles. The summed E-state index contributed by atoms with van der Waals surface area (Å²) in [6, 6.07) is 8.83. The van der Waals surface area contributed by atoms with Gasteiger partial charge in [0.2, 0.25) is 0 Å². The number of aromatic nitrogens is 2. The molecular formula is C13H12N4O. The van der Waals surface area contributed by atoms with Crippen LogP contribution >= 0.6 is 0 Å². The number of nitriles is 1. The molecule has 0 aliphatic carbocycles. The Morgan fingerprint density at radius 1 is 1.33 bits per heavy atom. The maximum atomic E-state index is 9.50. The van der Waals surface area contributed by atoms with Crippen molar-refractivity contribution in [1.82, 2.24) is 9.97 Å². The van der Waals surface area contributed by atoms with Crippen LogP contribution in [0.4, 0.5) is 11.5 Å². The first-order chi connectivity index (χ1) is 8.76. The maximum absolute atomic E-state index is 9.50. The zero-order valence-corrected chi connectivity index (χ0v) is 9.91. The lowest BCUT2D eigenvalue weighted by atomic mass is 10.2. The summed E-state index contributed by atoms with van der Waals surface area (Å²) >= 11 is 0. The van der Waals surface area contributed by atoms with Crippen molar-refractivity contribution in [3.05, 3.63) is 42.4 Å². The van der Waals surface area contributed by atoms with E-state index in [1.165, 1.54) is 6.20 Å². The summed E-state index contributed by atoms with van der Waals surface area (Å²) in [5.41, 5.74) is 1.04. The molecule has 0 saturated heterocycles. The monoisotopic (exact) mass is 240 g/mol. The minimum atomic E-state index is 0.174. The van der Waals surface area contributed by atoms with Gasteiger partial charge in [0.25, 0.3) is 0 Å². The SMILES string of the molecule is CCN(c1cccc(O)c1)c1nccnc1C#N. The summed E-state index contributed by atoms with van der Waals surface area (Å²) in [6.07, 6.45) is 3.03. The van der Waals surface area contributed by atoms with Gasteiger partial charge < -0.3 is 10.0 Å². The highest BCUT2D eigenvalue weighted by atomic mass is 16.3. The number of nitrogens with zero attached hydrogens (tertiary/aromatic N) is 4. The van der Waals surface area contributed by atoms with Crippen LogP contribution in [0.2, 0.25) is 0 Å². The summed E-state index contributed by atoms with van der Waals surface area (Å²) in [5, 5.41) is 18.5. The Bertz CT molecular complexity index is 592. The fourth-order valence-electron chi connectivity index (χ4n) is 1.72. The lowest BCUT2D eigenvalue weighted by Crippen LogP contribution is -2.19. The van der Waals surface area contributed by atoms with Crippen LogP contribution in [0.25, 0.3) is 0 Å². The molecule has 5 nitrogen and oxygen atoms in total. The highest BCUT2D eigenvalue weighted by molar-refractivity contribution is 5.64. The van der Waals surface area contributed by atoms with Crippen molar-refractivity contribution in [3.63, 3.8) is 0 Å². The van der Waals surface area contributed by atoms with Crippen LogP contribution in [-0.4, -0.2) is 21.6 Å². The molecule has 0 saturated carbocycles. The molecule has 0 unspecified atom stereocenters. The molecule has 0 aliphatic heterocycles. The Labute approximate surface area is 105 Å². The second-order valence-corrected chi connectivity index (χ2v) is 3.60. The predicted octanol–water partition coefficient (Wildman–Crippen LogP) is 2.21. The fourth-order valence-corrected chi connectivity index (χ4v) is 1.72. The average Bonchev–Trinajstić information content (AvgIpc) is 2.40. The number of rotatable bonds is 3. The van der Waals surface area contributed by atoms with Crippen LogP contribution in [0.5, 0.6) is 5.75 Å². The minimum absolute atomic E-state index is 0.174.